The highest BCUT2D eigenvalue weighted by molar-refractivity contribution is 7.15. The first-order valence-corrected chi connectivity index (χ1v) is 11.3. The number of benzene rings is 1. The maximum Gasteiger partial charge on any atom is 0.254 e. The summed E-state index contributed by atoms with van der Waals surface area (Å²) in [5.74, 6) is -0.0963. The lowest BCUT2D eigenvalue weighted by molar-refractivity contribution is -0.122. The van der Waals surface area contributed by atoms with Crippen LogP contribution in [0.4, 0.5) is 5.13 Å². The summed E-state index contributed by atoms with van der Waals surface area (Å²) in [4.78, 5) is 29.2. The average molecular weight is 413 g/mol. The number of aryl methyl sites for hydroxylation is 1. The van der Waals surface area contributed by atoms with Gasteiger partial charge < -0.3 is 4.90 Å². The fourth-order valence-electron chi connectivity index (χ4n) is 5.00. The van der Waals surface area contributed by atoms with Crippen LogP contribution in [-0.2, 0) is 4.79 Å². The number of carbonyl (C=O) groups excluding carboxylic acids is 2. The highest BCUT2D eigenvalue weighted by Crippen LogP contribution is 2.49. The first-order chi connectivity index (χ1) is 13.9. The van der Waals surface area contributed by atoms with Gasteiger partial charge in [-0.3, -0.25) is 14.9 Å². The topological polar surface area (TPSA) is 75.2 Å². The summed E-state index contributed by atoms with van der Waals surface area (Å²) in [7, 11) is 0. The third-order valence-corrected chi connectivity index (χ3v) is 6.86. The molecule has 1 atom stereocenters. The van der Waals surface area contributed by atoms with Crippen molar-refractivity contribution in [2.45, 2.75) is 64.3 Å². The maximum atomic E-state index is 13.6. The minimum atomic E-state index is -0.474. The SMILES string of the molecule is Cc1nnc(NC(=O)[C@@H]2c3ccccc3C(=O)N(CC(C)C)C23CCCCC3)s1. The van der Waals surface area contributed by atoms with E-state index in [1.807, 2.05) is 36.1 Å². The fourth-order valence-corrected chi connectivity index (χ4v) is 5.59. The second-order valence-electron chi connectivity index (χ2n) is 8.61. The largest absolute Gasteiger partial charge is 0.332 e. The van der Waals surface area contributed by atoms with Gasteiger partial charge in [0, 0.05) is 12.1 Å². The van der Waals surface area contributed by atoms with Crippen LogP contribution in [0, 0.1) is 12.8 Å². The molecule has 2 amide bonds. The van der Waals surface area contributed by atoms with Gasteiger partial charge in [0.15, 0.2) is 0 Å². The Morgan fingerprint density at radius 3 is 2.62 bits per heavy atom. The van der Waals surface area contributed by atoms with Crippen molar-refractivity contribution >= 4 is 28.3 Å². The Balaban J connectivity index is 1.82. The lowest BCUT2D eigenvalue weighted by Gasteiger charge is -2.54. The molecule has 2 heterocycles. The number of aromatic nitrogens is 2. The average Bonchev–Trinajstić information content (AvgIpc) is 3.10. The number of hydrogen-bond acceptors (Lipinski definition) is 5. The molecule has 154 valence electrons. The van der Waals surface area contributed by atoms with Crippen LogP contribution in [0.15, 0.2) is 24.3 Å². The Morgan fingerprint density at radius 2 is 1.97 bits per heavy atom. The Hall–Kier alpha value is -2.28. The summed E-state index contributed by atoms with van der Waals surface area (Å²) in [6.07, 6.45) is 4.93. The number of fused-ring (bicyclic) bond motifs is 1. The molecule has 6 nitrogen and oxygen atoms in total. The lowest BCUT2D eigenvalue weighted by Crippen LogP contribution is -2.62. The lowest BCUT2D eigenvalue weighted by atomic mass is 9.65. The molecule has 29 heavy (non-hydrogen) atoms. The van der Waals surface area contributed by atoms with Gasteiger partial charge in [0.1, 0.15) is 5.01 Å². The summed E-state index contributed by atoms with van der Waals surface area (Å²) >= 11 is 1.37. The molecule has 1 aromatic carbocycles. The highest BCUT2D eigenvalue weighted by Gasteiger charge is 2.54. The molecule has 1 aliphatic carbocycles. The number of hydrogen-bond donors (Lipinski definition) is 1. The van der Waals surface area contributed by atoms with Gasteiger partial charge in [0.25, 0.3) is 5.91 Å². The van der Waals surface area contributed by atoms with Crippen molar-refractivity contribution in [2.24, 2.45) is 5.92 Å². The molecule has 0 bridgehead atoms. The van der Waals surface area contributed by atoms with E-state index in [-0.39, 0.29) is 11.8 Å². The van der Waals surface area contributed by atoms with Crippen LogP contribution in [0.3, 0.4) is 0 Å². The third-order valence-electron chi connectivity index (χ3n) is 6.11. The third kappa shape index (κ3) is 3.56. The van der Waals surface area contributed by atoms with E-state index in [2.05, 4.69) is 29.4 Å². The van der Waals surface area contributed by atoms with E-state index in [1.54, 1.807) is 0 Å². The molecule has 1 aromatic heterocycles. The number of anilines is 1. The van der Waals surface area contributed by atoms with E-state index >= 15 is 0 Å². The van der Waals surface area contributed by atoms with Gasteiger partial charge in [-0.25, -0.2) is 0 Å². The smallest absolute Gasteiger partial charge is 0.254 e. The second kappa shape index (κ2) is 7.86. The molecule has 0 unspecified atom stereocenters. The highest BCUT2D eigenvalue weighted by atomic mass is 32.1. The van der Waals surface area contributed by atoms with E-state index in [9.17, 15) is 9.59 Å². The normalized spacial score (nSPS) is 20.8. The van der Waals surface area contributed by atoms with Crippen LogP contribution >= 0.6 is 11.3 Å². The Labute approximate surface area is 175 Å². The van der Waals surface area contributed by atoms with Crippen LogP contribution < -0.4 is 5.32 Å². The number of carbonyl (C=O) groups is 2. The molecule has 1 fully saturated rings. The summed E-state index contributed by atoms with van der Waals surface area (Å²) < 4.78 is 0. The van der Waals surface area contributed by atoms with E-state index in [0.29, 0.717) is 23.2 Å². The first kappa shape index (κ1) is 20.0. The van der Waals surface area contributed by atoms with Crippen molar-refractivity contribution in [2.75, 3.05) is 11.9 Å². The van der Waals surface area contributed by atoms with E-state index in [0.717, 1.165) is 42.7 Å². The van der Waals surface area contributed by atoms with Crippen LogP contribution in [0.5, 0.6) is 0 Å². The second-order valence-corrected chi connectivity index (χ2v) is 9.79. The Kier molecular flexibility index (Phi) is 5.42. The van der Waals surface area contributed by atoms with Gasteiger partial charge in [-0.15, -0.1) is 10.2 Å². The molecule has 4 rings (SSSR count). The molecule has 1 aliphatic heterocycles. The predicted octanol–water partition coefficient (Wildman–Crippen LogP) is 4.38. The molecule has 1 N–H and O–H groups in total. The predicted molar refractivity (Wildman–Crippen MR) is 114 cm³/mol. The molecular formula is C22H28N4O2S. The molecule has 1 spiro atoms. The maximum absolute atomic E-state index is 13.6. The summed E-state index contributed by atoms with van der Waals surface area (Å²) in [6, 6.07) is 7.62. The van der Waals surface area contributed by atoms with Gasteiger partial charge in [0.2, 0.25) is 11.0 Å². The van der Waals surface area contributed by atoms with Crippen molar-refractivity contribution < 1.29 is 9.59 Å². The molecule has 1 saturated carbocycles. The van der Waals surface area contributed by atoms with Gasteiger partial charge >= 0.3 is 0 Å². The zero-order chi connectivity index (χ0) is 20.6. The van der Waals surface area contributed by atoms with Crippen molar-refractivity contribution in [3.8, 4) is 0 Å². The van der Waals surface area contributed by atoms with Crippen LogP contribution in [0.2, 0.25) is 0 Å². The van der Waals surface area contributed by atoms with Gasteiger partial charge in [-0.2, -0.15) is 0 Å². The number of nitrogens with one attached hydrogen (secondary N) is 1. The number of nitrogens with zero attached hydrogens (tertiary/aromatic N) is 3. The van der Waals surface area contributed by atoms with E-state index < -0.39 is 11.5 Å². The van der Waals surface area contributed by atoms with Crippen molar-refractivity contribution in [1.82, 2.24) is 15.1 Å². The minimum Gasteiger partial charge on any atom is -0.332 e. The Morgan fingerprint density at radius 1 is 1.24 bits per heavy atom. The zero-order valence-electron chi connectivity index (χ0n) is 17.3. The minimum absolute atomic E-state index is 0.0620. The van der Waals surface area contributed by atoms with Gasteiger partial charge in [-0.1, -0.05) is 62.6 Å². The summed E-state index contributed by atoms with van der Waals surface area (Å²) in [6.45, 7) is 6.79. The van der Waals surface area contributed by atoms with Crippen molar-refractivity contribution in [3.63, 3.8) is 0 Å². The number of amides is 2. The monoisotopic (exact) mass is 412 g/mol. The van der Waals surface area contributed by atoms with E-state index in [1.165, 1.54) is 11.3 Å². The molecule has 0 saturated heterocycles. The Bertz CT molecular complexity index is 917. The van der Waals surface area contributed by atoms with Gasteiger partial charge in [-0.05, 0) is 37.3 Å². The summed E-state index contributed by atoms with van der Waals surface area (Å²) in [5.41, 5.74) is 1.02. The van der Waals surface area contributed by atoms with Gasteiger partial charge in [0.05, 0.1) is 11.5 Å². The standard InChI is InChI=1S/C22H28N4O2S/c1-14(2)13-26-20(28)17-10-6-5-9-16(17)18(22(26)11-7-4-8-12-22)19(27)23-21-25-24-15(3)29-21/h5-6,9-10,14,18H,4,7-8,11-13H2,1-3H3,(H,23,25,27)/t18-/m0/s1. The zero-order valence-corrected chi connectivity index (χ0v) is 18.1. The van der Waals surface area contributed by atoms with Crippen LogP contribution in [0.1, 0.15) is 72.8 Å². The first-order valence-electron chi connectivity index (χ1n) is 10.4. The van der Waals surface area contributed by atoms with Crippen molar-refractivity contribution in [1.29, 1.82) is 0 Å². The number of rotatable bonds is 4. The molecule has 2 aromatic rings. The molecular weight excluding hydrogens is 384 g/mol. The fraction of sp³-hybridized carbons (Fsp3) is 0.545. The molecule has 7 heteroatoms. The molecule has 0 radical (unpaired) electrons. The summed E-state index contributed by atoms with van der Waals surface area (Å²) in [5, 5.41) is 12.4. The van der Waals surface area contributed by atoms with Crippen molar-refractivity contribution in [3.05, 3.63) is 40.4 Å². The quantitative estimate of drug-likeness (QED) is 0.808. The van der Waals surface area contributed by atoms with Crippen LogP contribution in [-0.4, -0.2) is 39.0 Å². The molecule has 2 aliphatic rings. The van der Waals surface area contributed by atoms with Crippen LogP contribution in [0.25, 0.3) is 0 Å². The van der Waals surface area contributed by atoms with E-state index in [4.69, 9.17) is 0 Å².